The van der Waals surface area contributed by atoms with Crippen molar-refractivity contribution in [2.75, 3.05) is 19.6 Å². The van der Waals surface area contributed by atoms with Crippen molar-refractivity contribution in [3.63, 3.8) is 0 Å². The van der Waals surface area contributed by atoms with Crippen LogP contribution < -0.4 is 0 Å². The topological polar surface area (TPSA) is 77.9 Å². The molecule has 0 radical (unpaired) electrons. The highest BCUT2D eigenvalue weighted by Crippen LogP contribution is 2.21. The van der Waals surface area contributed by atoms with Crippen LogP contribution >= 0.6 is 0 Å². The summed E-state index contributed by atoms with van der Waals surface area (Å²) in [6.45, 7) is 3.13. The van der Waals surface area contributed by atoms with Crippen molar-refractivity contribution in [1.82, 2.24) is 9.80 Å². The quantitative estimate of drug-likeness (QED) is 0.785. The van der Waals surface area contributed by atoms with Crippen molar-refractivity contribution in [2.45, 2.75) is 26.2 Å². The number of imide groups is 1. The lowest BCUT2D eigenvalue weighted by Gasteiger charge is -2.29. The van der Waals surface area contributed by atoms with Gasteiger partial charge in [0.1, 0.15) is 0 Å². The molecular formula is C15H20N2O4. The minimum atomic E-state index is -0.893. The molecule has 0 unspecified atom stereocenters. The lowest BCUT2D eigenvalue weighted by atomic mass is 9.94. The molecule has 2 aliphatic rings. The fraction of sp³-hybridized carbons (Fsp3) is 0.533. The van der Waals surface area contributed by atoms with E-state index in [4.69, 9.17) is 5.11 Å². The van der Waals surface area contributed by atoms with Crippen LogP contribution in [0.3, 0.4) is 0 Å². The lowest BCUT2D eigenvalue weighted by molar-refractivity contribution is -0.139. The maximum atomic E-state index is 12.3. The first-order valence-corrected chi connectivity index (χ1v) is 7.17. The number of carboxylic acid groups (broad SMARTS) is 1. The van der Waals surface area contributed by atoms with E-state index in [2.05, 4.69) is 0 Å². The second kappa shape index (κ2) is 6.56. The molecule has 2 aliphatic heterocycles. The molecule has 3 amide bonds. The van der Waals surface area contributed by atoms with Gasteiger partial charge in [-0.15, -0.1) is 0 Å². The Morgan fingerprint density at radius 1 is 1.29 bits per heavy atom. The largest absolute Gasteiger partial charge is 0.465 e. The molecule has 2 heterocycles. The first-order valence-electron chi connectivity index (χ1n) is 7.17. The Labute approximate surface area is 123 Å². The van der Waals surface area contributed by atoms with Crippen LogP contribution in [0.4, 0.5) is 4.79 Å². The van der Waals surface area contributed by atoms with Crippen molar-refractivity contribution in [1.29, 1.82) is 0 Å². The summed E-state index contributed by atoms with van der Waals surface area (Å²) in [4.78, 5) is 37.4. The molecule has 0 aromatic rings. The summed E-state index contributed by atoms with van der Waals surface area (Å²) in [7, 11) is 0. The fourth-order valence-corrected chi connectivity index (χ4v) is 2.68. The molecule has 0 bridgehead atoms. The predicted octanol–water partition coefficient (Wildman–Crippen LogP) is 1.64. The first-order chi connectivity index (χ1) is 9.99. The molecule has 0 aromatic carbocycles. The molecule has 1 saturated heterocycles. The summed E-state index contributed by atoms with van der Waals surface area (Å²) >= 11 is 0. The zero-order chi connectivity index (χ0) is 15.4. The molecule has 0 aliphatic carbocycles. The predicted molar refractivity (Wildman–Crippen MR) is 76.6 cm³/mol. The Bertz CT molecular complexity index is 502. The second-order valence-electron chi connectivity index (χ2n) is 5.44. The number of carbonyl (C=O) groups excluding carboxylic acids is 2. The average Bonchev–Trinajstić information content (AvgIpc) is 2.47. The van der Waals surface area contributed by atoms with Gasteiger partial charge >= 0.3 is 6.09 Å². The van der Waals surface area contributed by atoms with Crippen LogP contribution in [-0.2, 0) is 9.59 Å². The molecule has 21 heavy (non-hydrogen) atoms. The zero-order valence-corrected chi connectivity index (χ0v) is 12.1. The molecule has 0 aromatic heterocycles. The number of allylic oxidation sites excluding steroid dienone is 1. The van der Waals surface area contributed by atoms with E-state index in [1.54, 1.807) is 13.0 Å². The van der Waals surface area contributed by atoms with E-state index in [1.807, 2.05) is 6.08 Å². The summed E-state index contributed by atoms with van der Waals surface area (Å²) in [6.07, 6.45) is 6.31. The minimum absolute atomic E-state index is 0.194. The van der Waals surface area contributed by atoms with Gasteiger partial charge in [-0.05, 0) is 38.2 Å². The van der Waals surface area contributed by atoms with Crippen molar-refractivity contribution in [3.05, 3.63) is 23.8 Å². The molecule has 0 saturated carbocycles. The van der Waals surface area contributed by atoms with Crippen LogP contribution in [0.2, 0.25) is 0 Å². The lowest BCUT2D eigenvalue weighted by Crippen LogP contribution is -2.39. The Morgan fingerprint density at radius 2 is 1.95 bits per heavy atom. The standard InChI is InChI=1S/C15H20N2O4/c1-11(14(19)17-7-3-2-4-13(17)18)10-12-5-8-16(9-6-12)15(20)21/h2,4,10,12H,3,5-9H2,1H3,(H,20,21). The molecular weight excluding hydrogens is 272 g/mol. The van der Waals surface area contributed by atoms with Gasteiger partial charge in [-0.2, -0.15) is 0 Å². The second-order valence-corrected chi connectivity index (χ2v) is 5.44. The summed E-state index contributed by atoms with van der Waals surface area (Å²) in [5.74, 6) is -0.315. The minimum Gasteiger partial charge on any atom is -0.465 e. The fourth-order valence-electron chi connectivity index (χ4n) is 2.68. The number of hydrogen-bond acceptors (Lipinski definition) is 3. The van der Waals surface area contributed by atoms with Gasteiger partial charge in [-0.3, -0.25) is 14.5 Å². The van der Waals surface area contributed by atoms with Gasteiger partial charge in [0.05, 0.1) is 0 Å². The average molecular weight is 292 g/mol. The third kappa shape index (κ3) is 3.71. The molecule has 0 spiro atoms. The van der Waals surface area contributed by atoms with Crippen molar-refractivity contribution >= 4 is 17.9 Å². The van der Waals surface area contributed by atoms with E-state index in [0.717, 1.165) is 0 Å². The molecule has 2 rings (SSSR count). The van der Waals surface area contributed by atoms with Crippen molar-refractivity contribution < 1.29 is 19.5 Å². The van der Waals surface area contributed by atoms with Crippen molar-refractivity contribution in [3.8, 4) is 0 Å². The van der Waals surface area contributed by atoms with E-state index < -0.39 is 6.09 Å². The summed E-state index contributed by atoms with van der Waals surface area (Å²) < 4.78 is 0. The number of carbonyl (C=O) groups is 3. The van der Waals surface area contributed by atoms with Crippen LogP contribution in [0.15, 0.2) is 23.8 Å². The van der Waals surface area contributed by atoms with Crippen LogP contribution in [0, 0.1) is 5.92 Å². The van der Waals surface area contributed by atoms with Gasteiger partial charge in [-0.25, -0.2) is 4.79 Å². The summed E-state index contributed by atoms with van der Waals surface area (Å²) in [6, 6.07) is 0. The van der Waals surface area contributed by atoms with Gasteiger partial charge in [-0.1, -0.05) is 12.2 Å². The Hall–Kier alpha value is -2.11. The number of nitrogens with zero attached hydrogens (tertiary/aromatic N) is 2. The van der Waals surface area contributed by atoms with Crippen LogP contribution in [-0.4, -0.2) is 52.4 Å². The van der Waals surface area contributed by atoms with Gasteiger partial charge in [0, 0.05) is 25.2 Å². The molecule has 6 nitrogen and oxygen atoms in total. The summed E-state index contributed by atoms with van der Waals surface area (Å²) in [5, 5.41) is 8.90. The highest BCUT2D eigenvalue weighted by Gasteiger charge is 2.25. The van der Waals surface area contributed by atoms with Gasteiger partial charge < -0.3 is 10.0 Å². The number of amides is 3. The molecule has 114 valence electrons. The first kappa shape index (κ1) is 15.3. The Morgan fingerprint density at radius 3 is 2.52 bits per heavy atom. The Kier molecular flexibility index (Phi) is 4.77. The van der Waals surface area contributed by atoms with E-state index in [0.29, 0.717) is 44.5 Å². The molecule has 6 heteroatoms. The number of hydrogen-bond donors (Lipinski definition) is 1. The van der Waals surface area contributed by atoms with E-state index in [1.165, 1.54) is 15.9 Å². The molecule has 1 N–H and O–H groups in total. The third-order valence-electron chi connectivity index (χ3n) is 3.92. The molecule has 0 atom stereocenters. The highest BCUT2D eigenvalue weighted by molar-refractivity contribution is 6.07. The SMILES string of the molecule is CC(=CC1CCN(C(=O)O)CC1)C(=O)N1CCC=CC1=O. The van der Waals surface area contributed by atoms with Gasteiger partial charge in [0.2, 0.25) is 0 Å². The highest BCUT2D eigenvalue weighted by atomic mass is 16.4. The number of piperidine rings is 1. The maximum absolute atomic E-state index is 12.3. The molecule has 1 fully saturated rings. The van der Waals surface area contributed by atoms with Gasteiger partial charge in [0.15, 0.2) is 0 Å². The summed E-state index contributed by atoms with van der Waals surface area (Å²) in [5.41, 5.74) is 0.562. The monoisotopic (exact) mass is 292 g/mol. The van der Waals surface area contributed by atoms with E-state index >= 15 is 0 Å². The number of likely N-dealkylation sites (tertiary alicyclic amines) is 1. The van der Waals surface area contributed by atoms with Crippen LogP contribution in [0.1, 0.15) is 26.2 Å². The zero-order valence-electron chi connectivity index (χ0n) is 12.1. The van der Waals surface area contributed by atoms with E-state index in [9.17, 15) is 14.4 Å². The van der Waals surface area contributed by atoms with E-state index in [-0.39, 0.29) is 17.7 Å². The Balaban J connectivity index is 1.95. The maximum Gasteiger partial charge on any atom is 0.407 e. The van der Waals surface area contributed by atoms with Gasteiger partial charge in [0.25, 0.3) is 11.8 Å². The van der Waals surface area contributed by atoms with Crippen LogP contribution in [0.5, 0.6) is 0 Å². The van der Waals surface area contributed by atoms with Crippen molar-refractivity contribution in [2.24, 2.45) is 5.92 Å². The third-order valence-corrected chi connectivity index (χ3v) is 3.92. The van der Waals surface area contributed by atoms with Crippen LogP contribution in [0.25, 0.3) is 0 Å². The number of rotatable bonds is 2. The normalized spacial score (nSPS) is 20.8. The smallest absolute Gasteiger partial charge is 0.407 e.